The first-order valence-corrected chi connectivity index (χ1v) is 13.8. The summed E-state index contributed by atoms with van der Waals surface area (Å²) in [6, 6.07) is 20.5. The molecule has 0 bridgehead atoms. The van der Waals surface area contributed by atoms with Gasteiger partial charge in [-0.25, -0.2) is 8.42 Å². The minimum atomic E-state index is -3.56. The number of rotatable bonds is 8. The van der Waals surface area contributed by atoms with Gasteiger partial charge in [-0.05, 0) is 56.2 Å². The van der Waals surface area contributed by atoms with E-state index >= 15 is 0 Å². The molecule has 190 valence electrons. The van der Waals surface area contributed by atoms with E-state index in [1.165, 1.54) is 28.6 Å². The molecule has 1 aromatic heterocycles. The van der Waals surface area contributed by atoms with Crippen molar-refractivity contribution in [3.8, 4) is 0 Å². The largest absolute Gasteiger partial charge is 0.450 e. The number of benzene rings is 3. The van der Waals surface area contributed by atoms with Crippen LogP contribution in [-0.4, -0.2) is 43.9 Å². The number of anilines is 1. The zero-order valence-electron chi connectivity index (χ0n) is 20.6. The number of Topliss-reactive ketones (excluding diaryl/α,β-unsaturated/α-hetero) is 1. The summed E-state index contributed by atoms with van der Waals surface area (Å²) in [6.07, 6.45) is 2.76. The normalized spacial score (nSPS) is 14.5. The molecule has 5 rings (SSSR count). The third-order valence-corrected chi connectivity index (χ3v) is 8.58. The van der Waals surface area contributed by atoms with Crippen LogP contribution in [0.4, 0.5) is 5.69 Å². The van der Waals surface area contributed by atoms with Gasteiger partial charge in [0.25, 0.3) is 0 Å². The summed E-state index contributed by atoms with van der Waals surface area (Å²) in [4.78, 5) is 26.4. The lowest BCUT2D eigenvalue weighted by atomic mass is 10.1. The Bertz CT molecular complexity index is 1550. The van der Waals surface area contributed by atoms with E-state index in [4.69, 9.17) is 4.42 Å². The number of piperidine rings is 1. The van der Waals surface area contributed by atoms with Gasteiger partial charge in [0.2, 0.25) is 15.8 Å². The third kappa shape index (κ3) is 5.08. The molecule has 7 nitrogen and oxygen atoms in total. The molecule has 0 amide bonds. The van der Waals surface area contributed by atoms with Crippen LogP contribution in [0.1, 0.15) is 51.3 Å². The Hall–Kier alpha value is -3.75. The highest BCUT2D eigenvalue weighted by Gasteiger charge is 2.26. The third-order valence-electron chi connectivity index (χ3n) is 6.67. The smallest absolute Gasteiger partial charge is 0.243 e. The molecule has 2 heterocycles. The van der Waals surface area contributed by atoms with Gasteiger partial charge in [0.1, 0.15) is 5.58 Å². The molecular formula is C29H28N2O5S. The highest BCUT2D eigenvalue weighted by atomic mass is 32.2. The molecule has 0 atom stereocenters. The number of ketones is 2. The van der Waals surface area contributed by atoms with Crippen LogP contribution in [0, 0.1) is 6.92 Å². The molecule has 1 fully saturated rings. The molecule has 4 aromatic rings. The maximum Gasteiger partial charge on any atom is 0.243 e. The van der Waals surface area contributed by atoms with E-state index in [-0.39, 0.29) is 28.8 Å². The van der Waals surface area contributed by atoms with E-state index in [0.717, 1.165) is 24.8 Å². The summed E-state index contributed by atoms with van der Waals surface area (Å²) < 4.78 is 33.2. The minimum Gasteiger partial charge on any atom is -0.450 e. The Balaban J connectivity index is 1.35. The van der Waals surface area contributed by atoms with E-state index in [0.29, 0.717) is 40.9 Å². The van der Waals surface area contributed by atoms with Gasteiger partial charge < -0.3 is 9.73 Å². The predicted octanol–water partition coefficient (Wildman–Crippen LogP) is 5.44. The topological polar surface area (TPSA) is 96.7 Å². The molecule has 0 unspecified atom stereocenters. The molecule has 1 N–H and O–H groups in total. The number of furan rings is 1. The summed E-state index contributed by atoms with van der Waals surface area (Å²) in [7, 11) is -3.56. The summed E-state index contributed by atoms with van der Waals surface area (Å²) in [5.41, 5.74) is 2.91. The monoisotopic (exact) mass is 516 g/mol. The first-order chi connectivity index (χ1) is 17.8. The molecule has 1 aliphatic rings. The van der Waals surface area contributed by atoms with E-state index < -0.39 is 10.0 Å². The standard InChI is InChI=1S/C29H28N2O5S/c1-20-9-11-22(12-10-20)28(33)29-27(24-7-3-4-8-26(24)36-29)30-19-25(32)21-13-15-23(16-14-21)37(34,35)31-17-5-2-6-18-31/h3-4,7-16,30H,2,5-6,17-19H2,1H3. The zero-order chi connectivity index (χ0) is 26.0. The average molecular weight is 517 g/mol. The fraction of sp³-hybridized carbons (Fsp3) is 0.241. The number of carbonyl (C=O) groups is 2. The Kier molecular flexibility index (Phi) is 6.95. The van der Waals surface area contributed by atoms with Crippen LogP contribution < -0.4 is 5.32 Å². The molecule has 1 aliphatic heterocycles. The van der Waals surface area contributed by atoms with Gasteiger partial charge in [0.15, 0.2) is 11.5 Å². The van der Waals surface area contributed by atoms with Gasteiger partial charge in [-0.15, -0.1) is 0 Å². The average Bonchev–Trinajstić information content (AvgIpc) is 3.31. The van der Waals surface area contributed by atoms with Crippen LogP contribution >= 0.6 is 0 Å². The number of carbonyl (C=O) groups excluding carboxylic acids is 2. The summed E-state index contributed by atoms with van der Waals surface area (Å²) in [5, 5.41) is 3.81. The second-order valence-electron chi connectivity index (χ2n) is 9.26. The van der Waals surface area contributed by atoms with Gasteiger partial charge in [-0.3, -0.25) is 9.59 Å². The second-order valence-corrected chi connectivity index (χ2v) is 11.2. The molecule has 0 spiro atoms. The van der Waals surface area contributed by atoms with Crippen molar-refractivity contribution in [2.75, 3.05) is 25.0 Å². The van der Waals surface area contributed by atoms with Crippen LogP contribution in [-0.2, 0) is 10.0 Å². The van der Waals surface area contributed by atoms with Crippen molar-refractivity contribution >= 4 is 38.2 Å². The van der Waals surface area contributed by atoms with Crippen molar-refractivity contribution in [2.45, 2.75) is 31.1 Å². The molecule has 0 radical (unpaired) electrons. The number of hydrogen-bond acceptors (Lipinski definition) is 6. The molecule has 8 heteroatoms. The van der Waals surface area contributed by atoms with Gasteiger partial charge in [0.05, 0.1) is 17.1 Å². The molecule has 1 saturated heterocycles. The Morgan fingerprint density at radius 1 is 0.865 bits per heavy atom. The predicted molar refractivity (Wildman–Crippen MR) is 143 cm³/mol. The first-order valence-electron chi connectivity index (χ1n) is 12.3. The molecular weight excluding hydrogens is 488 g/mol. The second kappa shape index (κ2) is 10.3. The van der Waals surface area contributed by atoms with E-state index in [2.05, 4.69) is 5.32 Å². The van der Waals surface area contributed by atoms with Crippen LogP contribution in [0.15, 0.2) is 82.1 Å². The van der Waals surface area contributed by atoms with Crippen molar-refractivity contribution in [1.82, 2.24) is 4.31 Å². The highest BCUT2D eigenvalue weighted by Crippen LogP contribution is 2.32. The number of nitrogens with zero attached hydrogens (tertiary/aromatic N) is 1. The number of fused-ring (bicyclic) bond motifs is 1. The van der Waals surface area contributed by atoms with Crippen LogP contribution in [0.25, 0.3) is 11.0 Å². The lowest BCUT2D eigenvalue weighted by Gasteiger charge is -2.25. The van der Waals surface area contributed by atoms with Gasteiger partial charge in [-0.1, -0.05) is 48.4 Å². The fourth-order valence-electron chi connectivity index (χ4n) is 4.55. The maximum absolute atomic E-state index is 13.2. The lowest BCUT2D eigenvalue weighted by Crippen LogP contribution is -2.35. The van der Waals surface area contributed by atoms with E-state index in [1.54, 1.807) is 18.2 Å². The minimum absolute atomic E-state index is 0.0874. The number of hydrogen-bond donors (Lipinski definition) is 1. The molecule has 37 heavy (non-hydrogen) atoms. The lowest BCUT2D eigenvalue weighted by molar-refractivity contribution is 0.0997. The quantitative estimate of drug-likeness (QED) is 0.313. The van der Waals surface area contributed by atoms with Crippen molar-refractivity contribution in [2.24, 2.45) is 0 Å². The van der Waals surface area contributed by atoms with Crippen molar-refractivity contribution in [3.63, 3.8) is 0 Å². The van der Waals surface area contributed by atoms with Crippen molar-refractivity contribution < 1.29 is 22.4 Å². The Morgan fingerprint density at radius 2 is 1.51 bits per heavy atom. The highest BCUT2D eigenvalue weighted by molar-refractivity contribution is 7.89. The Morgan fingerprint density at radius 3 is 2.22 bits per heavy atom. The number of para-hydroxylation sites is 1. The van der Waals surface area contributed by atoms with Gasteiger partial charge in [-0.2, -0.15) is 4.31 Å². The zero-order valence-corrected chi connectivity index (χ0v) is 21.4. The number of nitrogens with one attached hydrogen (secondary N) is 1. The maximum atomic E-state index is 13.2. The molecule has 3 aromatic carbocycles. The van der Waals surface area contributed by atoms with Crippen LogP contribution in [0.3, 0.4) is 0 Å². The van der Waals surface area contributed by atoms with Crippen LogP contribution in [0.5, 0.6) is 0 Å². The first kappa shape index (κ1) is 24.9. The fourth-order valence-corrected chi connectivity index (χ4v) is 6.07. The molecule has 0 aliphatic carbocycles. The molecule has 0 saturated carbocycles. The SMILES string of the molecule is Cc1ccc(C(=O)c2oc3ccccc3c2NCC(=O)c2ccc(S(=O)(=O)N3CCCCC3)cc2)cc1. The van der Waals surface area contributed by atoms with Crippen molar-refractivity contribution in [1.29, 1.82) is 0 Å². The number of aryl methyl sites for hydroxylation is 1. The van der Waals surface area contributed by atoms with Crippen LogP contribution in [0.2, 0.25) is 0 Å². The summed E-state index contributed by atoms with van der Waals surface area (Å²) >= 11 is 0. The summed E-state index contributed by atoms with van der Waals surface area (Å²) in [6.45, 7) is 2.91. The van der Waals surface area contributed by atoms with Gasteiger partial charge in [0, 0.05) is 29.6 Å². The number of sulfonamides is 1. The Labute approximate surface area is 216 Å². The van der Waals surface area contributed by atoms with Crippen molar-refractivity contribution in [3.05, 3.63) is 95.2 Å². The van der Waals surface area contributed by atoms with E-state index in [9.17, 15) is 18.0 Å². The van der Waals surface area contributed by atoms with Gasteiger partial charge >= 0.3 is 0 Å². The van der Waals surface area contributed by atoms with E-state index in [1.807, 2.05) is 37.3 Å². The summed E-state index contributed by atoms with van der Waals surface area (Å²) in [5.74, 6) is -0.375.